The molecule has 214 valence electrons. The molecule has 3 aromatic rings. The number of hydrogen-bond acceptors (Lipinski definition) is 7. The van der Waals surface area contributed by atoms with E-state index in [-0.39, 0.29) is 29.2 Å². The Labute approximate surface area is 241 Å². The van der Waals surface area contributed by atoms with Gasteiger partial charge in [-0.15, -0.1) is 0 Å². The summed E-state index contributed by atoms with van der Waals surface area (Å²) in [5.41, 5.74) is 8.61. The number of rotatable bonds is 10. The predicted molar refractivity (Wildman–Crippen MR) is 156 cm³/mol. The van der Waals surface area contributed by atoms with Crippen LogP contribution in [0.4, 0.5) is 5.69 Å². The number of nitrogens with two attached hydrogens (primary N) is 1. The Hall–Kier alpha value is -3.21. The first-order valence-corrected chi connectivity index (χ1v) is 15.1. The lowest BCUT2D eigenvalue weighted by Gasteiger charge is -2.33. The first kappa shape index (κ1) is 29.8. The molecule has 1 aromatic heterocycles. The third kappa shape index (κ3) is 6.92. The van der Waals surface area contributed by atoms with Gasteiger partial charge < -0.3 is 15.4 Å². The molecule has 2 heterocycles. The summed E-state index contributed by atoms with van der Waals surface area (Å²) in [6.45, 7) is 5.37. The van der Waals surface area contributed by atoms with Crippen LogP contribution >= 0.6 is 11.6 Å². The summed E-state index contributed by atoms with van der Waals surface area (Å²) in [6.07, 6.45) is 3.84. The molecule has 1 saturated heterocycles. The molecule has 1 fully saturated rings. The van der Waals surface area contributed by atoms with Crippen molar-refractivity contribution in [2.45, 2.75) is 50.5 Å². The smallest absolute Gasteiger partial charge is 0.242 e. The second-order valence-electron chi connectivity index (χ2n) is 10.5. The molecule has 1 amide bonds. The van der Waals surface area contributed by atoms with Gasteiger partial charge in [-0.25, -0.2) is 22.7 Å². The Morgan fingerprint density at radius 3 is 2.62 bits per heavy atom. The molecule has 0 radical (unpaired) electrons. The number of piperidine rings is 1. The largest absolute Gasteiger partial charge is 0.491 e. The number of halogens is 1. The molecular formula is C29H36ClN5O4S. The second kappa shape index (κ2) is 12.5. The molecule has 1 aliphatic heterocycles. The lowest BCUT2D eigenvalue weighted by Crippen LogP contribution is -2.41. The van der Waals surface area contributed by atoms with Crippen LogP contribution in [0, 0.1) is 5.92 Å². The lowest BCUT2D eigenvalue weighted by molar-refractivity contribution is -0.122. The van der Waals surface area contributed by atoms with Gasteiger partial charge in [0.1, 0.15) is 11.6 Å². The number of sulfonamides is 1. The molecule has 0 aliphatic carbocycles. The van der Waals surface area contributed by atoms with Crippen molar-refractivity contribution in [1.29, 1.82) is 0 Å². The highest BCUT2D eigenvalue weighted by Gasteiger charge is 2.25. The minimum Gasteiger partial charge on any atom is -0.491 e. The Kier molecular flexibility index (Phi) is 9.33. The second-order valence-corrected chi connectivity index (χ2v) is 13.0. The summed E-state index contributed by atoms with van der Waals surface area (Å²) in [7, 11) is -0.627. The summed E-state index contributed by atoms with van der Waals surface area (Å²) in [5.74, 6) is 0.830. The number of primary amides is 1. The van der Waals surface area contributed by atoms with E-state index in [0.29, 0.717) is 35.1 Å². The van der Waals surface area contributed by atoms with Crippen LogP contribution in [0.5, 0.6) is 5.75 Å². The molecular weight excluding hydrogens is 550 g/mol. The molecule has 4 rings (SSSR count). The molecule has 1 atom stereocenters. The minimum atomic E-state index is -3.64. The molecule has 9 nitrogen and oxygen atoms in total. The van der Waals surface area contributed by atoms with Gasteiger partial charge in [0.25, 0.3) is 0 Å². The molecule has 1 unspecified atom stereocenters. The van der Waals surface area contributed by atoms with Crippen molar-refractivity contribution >= 4 is 33.2 Å². The van der Waals surface area contributed by atoms with Gasteiger partial charge in [0.05, 0.1) is 27.6 Å². The van der Waals surface area contributed by atoms with Crippen LogP contribution in [0.15, 0.2) is 53.6 Å². The highest BCUT2D eigenvalue weighted by atomic mass is 35.5. The molecule has 11 heteroatoms. The summed E-state index contributed by atoms with van der Waals surface area (Å²) in [6, 6.07) is 12.9. The minimum absolute atomic E-state index is 0.0504. The van der Waals surface area contributed by atoms with E-state index in [2.05, 4.69) is 9.88 Å². The number of aromatic nitrogens is 2. The van der Waals surface area contributed by atoms with Crippen molar-refractivity contribution in [3.63, 3.8) is 0 Å². The Balaban J connectivity index is 1.62. The van der Waals surface area contributed by atoms with E-state index in [1.807, 2.05) is 32.0 Å². The quantitative estimate of drug-likeness (QED) is 0.381. The van der Waals surface area contributed by atoms with Crippen LogP contribution in [0.1, 0.15) is 49.3 Å². The van der Waals surface area contributed by atoms with Crippen LogP contribution in [-0.2, 0) is 27.7 Å². The normalized spacial score (nSPS) is 16.0. The van der Waals surface area contributed by atoms with Gasteiger partial charge in [-0.3, -0.25) is 4.79 Å². The van der Waals surface area contributed by atoms with E-state index in [1.54, 1.807) is 30.5 Å². The molecule has 1 aliphatic rings. The lowest BCUT2D eigenvalue weighted by atomic mass is 9.96. The van der Waals surface area contributed by atoms with Gasteiger partial charge in [0.2, 0.25) is 15.9 Å². The maximum atomic E-state index is 12.9. The number of anilines is 1. The third-order valence-corrected chi connectivity index (χ3v) is 9.14. The molecule has 2 N–H and O–H groups in total. The molecule has 2 aromatic carbocycles. The van der Waals surface area contributed by atoms with E-state index in [1.165, 1.54) is 18.4 Å². The monoisotopic (exact) mass is 585 g/mol. The fourth-order valence-electron chi connectivity index (χ4n) is 4.80. The fourth-order valence-corrected chi connectivity index (χ4v) is 6.07. The highest BCUT2D eigenvalue weighted by molar-refractivity contribution is 7.89. The topological polar surface area (TPSA) is 119 Å². The average Bonchev–Trinajstić information content (AvgIpc) is 2.91. The fraction of sp³-hybridized carbons (Fsp3) is 0.414. The molecule has 0 bridgehead atoms. The van der Waals surface area contributed by atoms with Gasteiger partial charge in [-0.2, -0.15) is 0 Å². The van der Waals surface area contributed by atoms with Crippen molar-refractivity contribution in [3.8, 4) is 5.75 Å². The van der Waals surface area contributed by atoms with Crippen molar-refractivity contribution in [3.05, 3.63) is 76.3 Å². The van der Waals surface area contributed by atoms with Gasteiger partial charge in [-0.1, -0.05) is 35.9 Å². The number of nitrogens with zero attached hydrogens (tertiary/aromatic N) is 4. The zero-order valence-corrected chi connectivity index (χ0v) is 24.9. The first-order valence-electron chi connectivity index (χ1n) is 13.3. The maximum Gasteiger partial charge on any atom is 0.242 e. The van der Waals surface area contributed by atoms with E-state index >= 15 is 0 Å². The number of carbonyl (C=O) groups excluding carboxylic acids is 1. The third-order valence-electron chi connectivity index (χ3n) is 6.91. The van der Waals surface area contributed by atoms with E-state index in [9.17, 15) is 13.2 Å². The standard InChI is InChI=1S/C29H36ClN5O4S/c1-19(2)39-26-16-23(35-13-7-9-22(18-35)29(31)36)12-11-20(26)15-28-32-17-24(30)25(33-28)14-21-8-5-6-10-27(21)40(37,38)34(3)4/h5-6,8,10-12,16-17,19,22H,7,9,13-15,18H2,1-4H3,(H2,31,36). The summed E-state index contributed by atoms with van der Waals surface area (Å²) in [4.78, 5) is 23.3. The van der Waals surface area contributed by atoms with Crippen LogP contribution in [0.3, 0.4) is 0 Å². The van der Waals surface area contributed by atoms with Crippen LogP contribution < -0.4 is 15.4 Å². The number of benzene rings is 2. The zero-order valence-electron chi connectivity index (χ0n) is 23.3. The summed E-state index contributed by atoms with van der Waals surface area (Å²) < 4.78 is 33.1. The highest BCUT2D eigenvalue weighted by Crippen LogP contribution is 2.31. The zero-order chi connectivity index (χ0) is 29.0. The van der Waals surface area contributed by atoms with Crippen LogP contribution in [0.25, 0.3) is 0 Å². The van der Waals surface area contributed by atoms with Crippen molar-refractivity contribution in [2.75, 3.05) is 32.1 Å². The van der Waals surface area contributed by atoms with Crippen molar-refractivity contribution in [1.82, 2.24) is 14.3 Å². The van der Waals surface area contributed by atoms with Gasteiger partial charge in [0, 0.05) is 63.5 Å². The Bertz CT molecular complexity index is 1480. The van der Waals surface area contributed by atoms with E-state index in [0.717, 1.165) is 36.4 Å². The van der Waals surface area contributed by atoms with Crippen molar-refractivity contribution in [2.24, 2.45) is 11.7 Å². The summed E-state index contributed by atoms with van der Waals surface area (Å²) in [5, 5.41) is 0.365. The van der Waals surface area contributed by atoms with E-state index < -0.39 is 10.0 Å². The summed E-state index contributed by atoms with van der Waals surface area (Å²) >= 11 is 6.47. The Morgan fingerprint density at radius 2 is 1.93 bits per heavy atom. The van der Waals surface area contributed by atoms with E-state index in [4.69, 9.17) is 27.1 Å². The predicted octanol–water partition coefficient (Wildman–Crippen LogP) is 4.05. The SMILES string of the molecule is CC(C)Oc1cc(N2CCCC(C(N)=O)C2)ccc1Cc1ncc(Cl)c(Cc2ccccc2S(=O)(=O)N(C)C)n1. The average molecular weight is 586 g/mol. The van der Waals surface area contributed by atoms with Crippen LogP contribution in [0.2, 0.25) is 5.02 Å². The van der Waals surface area contributed by atoms with Crippen molar-refractivity contribution < 1.29 is 17.9 Å². The van der Waals surface area contributed by atoms with Gasteiger partial charge in [0.15, 0.2) is 0 Å². The van der Waals surface area contributed by atoms with Gasteiger partial charge >= 0.3 is 0 Å². The molecule has 40 heavy (non-hydrogen) atoms. The number of carbonyl (C=O) groups is 1. The number of amides is 1. The Morgan fingerprint density at radius 1 is 1.18 bits per heavy atom. The van der Waals surface area contributed by atoms with Gasteiger partial charge in [-0.05, 0) is 44.4 Å². The number of hydrogen-bond donors (Lipinski definition) is 1. The first-order chi connectivity index (χ1) is 19.0. The molecule has 0 spiro atoms. The number of ether oxygens (including phenoxy) is 1. The maximum absolute atomic E-state index is 12.9. The molecule has 0 saturated carbocycles. The van der Waals surface area contributed by atoms with Crippen LogP contribution in [-0.4, -0.2) is 61.9 Å².